The predicted octanol–water partition coefficient (Wildman–Crippen LogP) is 5.40. The summed E-state index contributed by atoms with van der Waals surface area (Å²) < 4.78 is 8.75. The summed E-state index contributed by atoms with van der Waals surface area (Å²) in [4.78, 5) is 22.5. The largest absolute Gasteiger partial charge is 0.444 e. The summed E-state index contributed by atoms with van der Waals surface area (Å²) in [5.74, 6) is 0.809. The number of nitrogens with zero attached hydrogens (tertiary/aromatic N) is 3. The molecule has 3 aromatic rings. The van der Waals surface area contributed by atoms with Gasteiger partial charge in [0.1, 0.15) is 11.4 Å². The Bertz CT molecular complexity index is 1030. The number of amides is 1. The Morgan fingerprint density at radius 2 is 2.11 bits per heavy atom. The van der Waals surface area contributed by atoms with E-state index < -0.39 is 5.60 Å². The summed E-state index contributed by atoms with van der Waals surface area (Å²) in [7, 11) is 2.03. The van der Waals surface area contributed by atoms with E-state index in [9.17, 15) is 4.79 Å². The van der Waals surface area contributed by atoms with Crippen LogP contribution in [0.2, 0.25) is 0 Å². The first-order chi connectivity index (χ1) is 13.2. The Hall–Kier alpha value is -2.28. The van der Waals surface area contributed by atoms with Crippen molar-refractivity contribution in [3.63, 3.8) is 0 Å². The maximum absolute atomic E-state index is 12.6. The summed E-state index contributed by atoms with van der Waals surface area (Å²) in [5.41, 5.74) is 2.57. The van der Waals surface area contributed by atoms with Crippen LogP contribution in [-0.4, -0.2) is 37.7 Å². The molecule has 1 saturated heterocycles. The first kappa shape index (κ1) is 19.1. The molecule has 28 heavy (non-hydrogen) atoms. The standard InChI is InChI=1S/C21H25BrN4O2/c1-21(2,3)28-20(27)26-10-5-6-17(26)19-23-12-16(24-19)14-7-8-15(22)13-9-11-25(4)18(13)14/h7-9,11-12,17H,5-6,10H2,1-4H3,(H,23,24)/t17-/m0/s1. The van der Waals surface area contributed by atoms with Crippen LogP contribution in [0.15, 0.2) is 35.1 Å². The fourth-order valence-corrected chi connectivity index (χ4v) is 4.28. The highest BCUT2D eigenvalue weighted by molar-refractivity contribution is 9.10. The van der Waals surface area contributed by atoms with Crippen LogP contribution in [0.25, 0.3) is 22.2 Å². The van der Waals surface area contributed by atoms with Gasteiger partial charge in [0.15, 0.2) is 0 Å². The van der Waals surface area contributed by atoms with Gasteiger partial charge < -0.3 is 14.3 Å². The first-order valence-corrected chi connectivity index (χ1v) is 10.3. The van der Waals surface area contributed by atoms with Crippen molar-refractivity contribution in [2.75, 3.05) is 6.54 Å². The van der Waals surface area contributed by atoms with Gasteiger partial charge in [-0.2, -0.15) is 0 Å². The number of aromatic amines is 1. The van der Waals surface area contributed by atoms with Gasteiger partial charge in [0.05, 0.1) is 17.3 Å². The molecule has 3 heterocycles. The molecule has 1 atom stereocenters. The minimum Gasteiger partial charge on any atom is -0.444 e. The normalized spacial score (nSPS) is 17.5. The number of benzene rings is 1. The third-order valence-electron chi connectivity index (χ3n) is 5.05. The number of fused-ring (bicyclic) bond motifs is 1. The van der Waals surface area contributed by atoms with E-state index in [2.05, 4.69) is 43.7 Å². The SMILES string of the molecule is Cn1ccc2c(Br)ccc(-c3c[nH]c([C@@H]4CCCN4C(=O)OC(C)(C)C)n3)c21. The third-order valence-corrected chi connectivity index (χ3v) is 5.74. The summed E-state index contributed by atoms with van der Waals surface area (Å²) in [6.07, 6.45) is 5.53. The van der Waals surface area contributed by atoms with Crippen LogP contribution in [0.3, 0.4) is 0 Å². The van der Waals surface area contributed by atoms with Crippen molar-refractivity contribution in [3.05, 3.63) is 40.9 Å². The summed E-state index contributed by atoms with van der Waals surface area (Å²) in [6.45, 7) is 6.36. The second-order valence-electron chi connectivity index (χ2n) is 8.29. The zero-order valence-electron chi connectivity index (χ0n) is 16.6. The molecule has 2 aromatic heterocycles. The number of ether oxygens (including phenoxy) is 1. The molecule has 148 valence electrons. The van der Waals surface area contributed by atoms with Crippen molar-refractivity contribution in [2.45, 2.75) is 45.3 Å². The van der Waals surface area contributed by atoms with Crippen molar-refractivity contribution >= 4 is 32.9 Å². The molecule has 0 radical (unpaired) electrons. The number of carbonyl (C=O) groups excluding carboxylic acids is 1. The lowest BCUT2D eigenvalue weighted by Crippen LogP contribution is -2.36. The molecule has 0 aliphatic carbocycles. The molecular weight excluding hydrogens is 420 g/mol. The highest BCUT2D eigenvalue weighted by Gasteiger charge is 2.35. The number of carbonyl (C=O) groups is 1. The Morgan fingerprint density at radius 3 is 2.86 bits per heavy atom. The minimum atomic E-state index is -0.506. The number of hydrogen-bond acceptors (Lipinski definition) is 3. The van der Waals surface area contributed by atoms with E-state index in [1.807, 2.05) is 40.2 Å². The van der Waals surface area contributed by atoms with Gasteiger partial charge in [-0.15, -0.1) is 0 Å². The highest BCUT2D eigenvalue weighted by atomic mass is 79.9. The van der Waals surface area contributed by atoms with Crippen LogP contribution in [0.5, 0.6) is 0 Å². The number of nitrogens with one attached hydrogen (secondary N) is 1. The molecule has 1 aliphatic heterocycles. The molecule has 0 unspecified atom stereocenters. The van der Waals surface area contributed by atoms with Crippen molar-refractivity contribution in [2.24, 2.45) is 7.05 Å². The van der Waals surface area contributed by atoms with E-state index in [-0.39, 0.29) is 12.1 Å². The van der Waals surface area contributed by atoms with Gasteiger partial charge >= 0.3 is 6.09 Å². The number of aromatic nitrogens is 3. The molecule has 1 aromatic carbocycles. The molecule has 1 fully saturated rings. The van der Waals surface area contributed by atoms with Gasteiger partial charge in [0.2, 0.25) is 0 Å². The molecule has 4 rings (SSSR count). The van der Waals surface area contributed by atoms with Crippen LogP contribution in [0, 0.1) is 0 Å². The van der Waals surface area contributed by atoms with Crippen molar-refractivity contribution in [3.8, 4) is 11.3 Å². The molecule has 1 N–H and O–H groups in total. The third kappa shape index (κ3) is 3.43. The van der Waals surface area contributed by atoms with Crippen molar-refractivity contribution in [1.29, 1.82) is 0 Å². The monoisotopic (exact) mass is 444 g/mol. The quantitative estimate of drug-likeness (QED) is 0.574. The maximum Gasteiger partial charge on any atom is 0.410 e. The molecule has 0 spiro atoms. The summed E-state index contributed by atoms with van der Waals surface area (Å²) in [5, 5.41) is 1.15. The smallest absolute Gasteiger partial charge is 0.410 e. The molecule has 6 nitrogen and oxygen atoms in total. The topological polar surface area (TPSA) is 63.2 Å². The van der Waals surface area contributed by atoms with Crippen molar-refractivity contribution in [1.82, 2.24) is 19.4 Å². The second kappa shape index (κ2) is 6.95. The molecule has 0 saturated carbocycles. The Kier molecular flexibility index (Phi) is 4.73. The first-order valence-electron chi connectivity index (χ1n) is 9.53. The van der Waals surface area contributed by atoms with Crippen molar-refractivity contribution < 1.29 is 9.53 Å². The van der Waals surface area contributed by atoms with Crippen LogP contribution in [0.1, 0.15) is 45.5 Å². The lowest BCUT2D eigenvalue weighted by Gasteiger charge is -2.27. The number of imidazole rings is 1. The van der Waals surface area contributed by atoms with E-state index >= 15 is 0 Å². The minimum absolute atomic E-state index is 0.0806. The van der Waals surface area contributed by atoms with Gasteiger partial charge in [0, 0.05) is 41.4 Å². The average molecular weight is 445 g/mol. The highest BCUT2D eigenvalue weighted by Crippen LogP contribution is 2.36. The number of H-pyrrole nitrogens is 1. The molecule has 0 bridgehead atoms. The average Bonchev–Trinajstić information content (AvgIpc) is 3.33. The van der Waals surface area contributed by atoms with Gasteiger partial charge in [-0.25, -0.2) is 9.78 Å². The summed E-state index contributed by atoms with van der Waals surface area (Å²) >= 11 is 3.62. The van der Waals surface area contributed by atoms with Crippen LogP contribution < -0.4 is 0 Å². The Labute approximate surface area is 173 Å². The lowest BCUT2D eigenvalue weighted by atomic mass is 10.1. The molecule has 1 amide bonds. The number of hydrogen-bond donors (Lipinski definition) is 1. The number of rotatable bonds is 2. The zero-order chi connectivity index (χ0) is 20.1. The number of aryl methyl sites for hydroxylation is 1. The predicted molar refractivity (Wildman–Crippen MR) is 113 cm³/mol. The van der Waals surface area contributed by atoms with E-state index in [4.69, 9.17) is 9.72 Å². The van der Waals surface area contributed by atoms with Crippen LogP contribution in [0.4, 0.5) is 4.79 Å². The Balaban J connectivity index is 1.66. The molecule has 7 heteroatoms. The summed E-state index contributed by atoms with van der Waals surface area (Å²) in [6, 6.07) is 6.14. The van der Waals surface area contributed by atoms with Gasteiger partial charge in [0.25, 0.3) is 0 Å². The zero-order valence-corrected chi connectivity index (χ0v) is 18.2. The second-order valence-corrected chi connectivity index (χ2v) is 9.14. The van der Waals surface area contributed by atoms with Crippen LogP contribution in [-0.2, 0) is 11.8 Å². The molecular formula is C21H25BrN4O2. The van der Waals surface area contributed by atoms with Crippen LogP contribution >= 0.6 is 15.9 Å². The van der Waals surface area contributed by atoms with Gasteiger partial charge in [-0.05, 0) is 51.8 Å². The van der Waals surface area contributed by atoms with E-state index in [0.717, 1.165) is 45.3 Å². The number of likely N-dealkylation sites (tertiary alicyclic amines) is 1. The van der Waals surface area contributed by atoms with Gasteiger partial charge in [-0.3, -0.25) is 4.90 Å². The number of halogens is 1. The van der Waals surface area contributed by atoms with E-state index in [1.54, 1.807) is 4.90 Å². The van der Waals surface area contributed by atoms with E-state index in [0.29, 0.717) is 6.54 Å². The molecule has 1 aliphatic rings. The fourth-order valence-electron chi connectivity index (χ4n) is 3.82. The van der Waals surface area contributed by atoms with Gasteiger partial charge in [-0.1, -0.05) is 15.9 Å². The van der Waals surface area contributed by atoms with E-state index in [1.165, 1.54) is 0 Å². The fraction of sp³-hybridized carbons (Fsp3) is 0.429. The lowest BCUT2D eigenvalue weighted by molar-refractivity contribution is 0.0219. The Morgan fingerprint density at radius 1 is 1.32 bits per heavy atom. The maximum atomic E-state index is 12.6.